The molecule has 19 heavy (non-hydrogen) atoms. The Morgan fingerprint density at radius 1 is 1.05 bits per heavy atom. The fourth-order valence-corrected chi connectivity index (χ4v) is 3.84. The standard InChI is InChI=1S/C16H14BrNS/c1-18-15-9-5-3-6-12(15)10-16(18)19-11-13-7-2-4-8-14(13)17/h2-10H,11H2,1H3. The van der Waals surface area contributed by atoms with Gasteiger partial charge >= 0.3 is 0 Å². The molecule has 96 valence electrons. The molecule has 3 aromatic rings. The van der Waals surface area contributed by atoms with Gasteiger partial charge in [-0.1, -0.05) is 52.3 Å². The Bertz CT molecular complexity index is 718. The van der Waals surface area contributed by atoms with Crippen LogP contribution in [0.1, 0.15) is 5.56 Å². The van der Waals surface area contributed by atoms with Crippen LogP contribution in [-0.4, -0.2) is 4.57 Å². The van der Waals surface area contributed by atoms with E-state index in [2.05, 4.69) is 82.1 Å². The van der Waals surface area contributed by atoms with E-state index in [1.54, 1.807) is 0 Å². The number of aromatic nitrogens is 1. The first-order valence-electron chi connectivity index (χ1n) is 6.16. The Hall–Kier alpha value is -1.19. The van der Waals surface area contributed by atoms with Crippen molar-refractivity contribution in [3.05, 3.63) is 64.6 Å². The Balaban J connectivity index is 1.86. The Labute approximate surface area is 125 Å². The molecule has 3 heteroatoms. The maximum Gasteiger partial charge on any atom is 0.0759 e. The molecule has 0 saturated heterocycles. The normalized spacial score (nSPS) is 11.1. The van der Waals surface area contributed by atoms with Crippen LogP contribution in [0.2, 0.25) is 0 Å². The molecule has 0 N–H and O–H groups in total. The van der Waals surface area contributed by atoms with Crippen LogP contribution in [0.5, 0.6) is 0 Å². The lowest BCUT2D eigenvalue weighted by atomic mass is 10.2. The largest absolute Gasteiger partial charge is 0.339 e. The average molecular weight is 332 g/mol. The van der Waals surface area contributed by atoms with E-state index in [0.717, 1.165) is 5.75 Å². The number of fused-ring (bicyclic) bond motifs is 1. The van der Waals surface area contributed by atoms with Crippen molar-refractivity contribution in [3.8, 4) is 0 Å². The summed E-state index contributed by atoms with van der Waals surface area (Å²) >= 11 is 5.48. The minimum absolute atomic E-state index is 0.978. The Morgan fingerprint density at radius 3 is 2.58 bits per heavy atom. The molecule has 0 aliphatic rings. The predicted octanol–water partition coefficient (Wildman–Crippen LogP) is 5.23. The number of benzene rings is 2. The van der Waals surface area contributed by atoms with Gasteiger partial charge in [0.2, 0.25) is 0 Å². The summed E-state index contributed by atoms with van der Waals surface area (Å²) in [6.07, 6.45) is 0. The highest BCUT2D eigenvalue weighted by Crippen LogP contribution is 2.30. The van der Waals surface area contributed by atoms with Gasteiger partial charge in [0.05, 0.1) is 5.03 Å². The first-order chi connectivity index (χ1) is 9.25. The molecule has 0 amide bonds. The minimum atomic E-state index is 0.978. The molecule has 3 rings (SSSR count). The van der Waals surface area contributed by atoms with Crippen LogP contribution >= 0.6 is 27.7 Å². The second-order valence-corrected chi connectivity index (χ2v) is 6.33. The van der Waals surface area contributed by atoms with Crippen LogP contribution < -0.4 is 0 Å². The first-order valence-corrected chi connectivity index (χ1v) is 7.94. The van der Waals surface area contributed by atoms with Crippen molar-refractivity contribution in [2.75, 3.05) is 0 Å². The summed E-state index contributed by atoms with van der Waals surface area (Å²) in [4.78, 5) is 0. The monoisotopic (exact) mass is 331 g/mol. The summed E-state index contributed by atoms with van der Waals surface area (Å²) in [6, 6.07) is 19.2. The molecule has 0 spiro atoms. The molecule has 2 aromatic carbocycles. The van der Waals surface area contributed by atoms with Crippen LogP contribution in [0.3, 0.4) is 0 Å². The van der Waals surface area contributed by atoms with Gasteiger partial charge in [0, 0.05) is 28.2 Å². The van der Waals surface area contributed by atoms with Crippen molar-refractivity contribution in [3.63, 3.8) is 0 Å². The number of rotatable bonds is 3. The first kappa shape index (κ1) is 12.8. The number of hydrogen-bond acceptors (Lipinski definition) is 1. The van der Waals surface area contributed by atoms with E-state index in [0.29, 0.717) is 0 Å². The molecule has 0 radical (unpaired) electrons. The zero-order valence-electron chi connectivity index (χ0n) is 10.6. The van der Waals surface area contributed by atoms with E-state index in [1.807, 2.05) is 11.8 Å². The second kappa shape index (κ2) is 5.43. The third-order valence-electron chi connectivity index (χ3n) is 3.24. The van der Waals surface area contributed by atoms with Crippen molar-refractivity contribution in [2.45, 2.75) is 10.8 Å². The van der Waals surface area contributed by atoms with E-state index in [-0.39, 0.29) is 0 Å². The Kier molecular flexibility index (Phi) is 3.67. The predicted molar refractivity (Wildman–Crippen MR) is 86.6 cm³/mol. The zero-order chi connectivity index (χ0) is 13.2. The summed E-state index contributed by atoms with van der Waals surface area (Å²) < 4.78 is 3.44. The fourth-order valence-electron chi connectivity index (χ4n) is 2.17. The summed E-state index contributed by atoms with van der Waals surface area (Å²) in [6.45, 7) is 0. The molecule has 0 atom stereocenters. The number of para-hydroxylation sites is 1. The maximum absolute atomic E-state index is 3.60. The van der Waals surface area contributed by atoms with Gasteiger partial charge in [-0.25, -0.2) is 0 Å². The van der Waals surface area contributed by atoms with E-state index < -0.39 is 0 Å². The summed E-state index contributed by atoms with van der Waals surface area (Å²) in [5.41, 5.74) is 2.62. The maximum atomic E-state index is 3.60. The zero-order valence-corrected chi connectivity index (χ0v) is 13.0. The molecular weight excluding hydrogens is 318 g/mol. The molecule has 0 fully saturated rings. The third-order valence-corrected chi connectivity index (χ3v) is 5.16. The van der Waals surface area contributed by atoms with Gasteiger partial charge in [-0.3, -0.25) is 0 Å². The molecule has 1 heterocycles. The Morgan fingerprint density at radius 2 is 1.79 bits per heavy atom. The molecule has 0 aliphatic heterocycles. The van der Waals surface area contributed by atoms with Crippen LogP contribution in [0.4, 0.5) is 0 Å². The number of thioether (sulfide) groups is 1. The molecule has 0 saturated carbocycles. The topological polar surface area (TPSA) is 4.93 Å². The summed E-state index contributed by atoms with van der Waals surface area (Å²) in [7, 11) is 2.13. The summed E-state index contributed by atoms with van der Waals surface area (Å²) in [5.74, 6) is 0.978. The van der Waals surface area contributed by atoms with E-state index in [1.165, 1.54) is 26.0 Å². The minimum Gasteiger partial charge on any atom is -0.339 e. The number of hydrogen-bond donors (Lipinski definition) is 0. The van der Waals surface area contributed by atoms with Gasteiger partial charge in [-0.15, -0.1) is 11.8 Å². The van der Waals surface area contributed by atoms with Crippen molar-refractivity contribution < 1.29 is 0 Å². The van der Waals surface area contributed by atoms with Gasteiger partial charge in [0.15, 0.2) is 0 Å². The van der Waals surface area contributed by atoms with Gasteiger partial charge < -0.3 is 4.57 Å². The highest BCUT2D eigenvalue weighted by Gasteiger charge is 2.06. The van der Waals surface area contributed by atoms with Gasteiger partial charge in [0.25, 0.3) is 0 Å². The molecule has 1 aromatic heterocycles. The molecule has 0 bridgehead atoms. The van der Waals surface area contributed by atoms with E-state index >= 15 is 0 Å². The SMILES string of the molecule is Cn1c(SCc2ccccc2Br)cc2ccccc21. The number of halogens is 1. The third kappa shape index (κ3) is 2.58. The van der Waals surface area contributed by atoms with E-state index in [4.69, 9.17) is 0 Å². The van der Waals surface area contributed by atoms with Crippen molar-refractivity contribution in [2.24, 2.45) is 7.05 Å². The van der Waals surface area contributed by atoms with Crippen molar-refractivity contribution in [1.29, 1.82) is 0 Å². The van der Waals surface area contributed by atoms with E-state index in [9.17, 15) is 0 Å². The molecule has 1 nitrogen and oxygen atoms in total. The smallest absolute Gasteiger partial charge is 0.0759 e. The lowest BCUT2D eigenvalue weighted by Crippen LogP contribution is -1.90. The molecule has 0 aliphatic carbocycles. The second-order valence-electron chi connectivity index (χ2n) is 4.48. The lowest BCUT2D eigenvalue weighted by Gasteiger charge is -2.05. The highest BCUT2D eigenvalue weighted by atomic mass is 79.9. The van der Waals surface area contributed by atoms with Crippen molar-refractivity contribution in [1.82, 2.24) is 4.57 Å². The fraction of sp³-hybridized carbons (Fsp3) is 0.125. The number of nitrogens with zero attached hydrogens (tertiary/aromatic N) is 1. The van der Waals surface area contributed by atoms with Crippen LogP contribution in [0.15, 0.2) is 64.1 Å². The number of aryl methyl sites for hydroxylation is 1. The van der Waals surface area contributed by atoms with Crippen molar-refractivity contribution >= 4 is 38.6 Å². The van der Waals surface area contributed by atoms with Gasteiger partial charge in [-0.05, 0) is 23.8 Å². The van der Waals surface area contributed by atoms with Crippen LogP contribution in [0.25, 0.3) is 10.9 Å². The molecular formula is C16H14BrNS. The highest BCUT2D eigenvalue weighted by molar-refractivity contribution is 9.10. The molecule has 0 unspecified atom stereocenters. The summed E-state index contributed by atoms with van der Waals surface area (Å²) in [5, 5.41) is 2.61. The van der Waals surface area contributed by atoms with Gasteiger partial charge in [-0.2, -0.15) is 0 Å². The quantitative estimate of drug-likeness (QED) is 0.594. The lowest BCUT2D eigenvalue weighted by molar-refractivity contribution is 0.862. The van der Waals surface area contributed by atoms with Crippen LogP contribution in [0, 0.1) is 0 Å². The van der Waals surface area contributed by atoms with Gasteiger partial charge in [0.1, 0.15) is 0 Å². The average Bonchev–Trinajstić information content (AvgIpc) is 2.75. The van der Waals surface area contributed by atoms with Crippen LogP contribution in [-0.2, 0) is 12.8 Å².